The summed E-state index contributed by atoms with van der Waals surface area (Å²) >= 11 is 0. The topological polar surface area (TPSA) is 68.6 Å². The number of amides is 1. The van der Waals surface area contributed by atoms with Crippen LogP contribution in [0.2, 0.25) is 0 Å². The molecule has 1 atom stereocenters. The minimum absolute atomic E-state index is 0.0571. The molecule has 1 aliphatic rings. The summed E-state index contributed by atoms with van der Waals surface area (Å²) in [4.78, 5) is 40.9. The first kappa shape index (κ1) is 23.7. The zero-order valence-corrected chi connectivity index (χ0v) is 19.4. The molecule has 0 N–H and O–H groups in total. The van der Waals surface area contributed by atoms with Crippen LogP contribution in [0.4, 0.5) is 4.39 Å². The van der Waals surface area contributed by atoms with E-state index in [9.17, 15) is 18.8 Å². The molecule has 1 aliphatic carbocycles. The van der Waals surface area contributed by atoms with Gasteiger partial charge < -0.3 is 14.2 Å². The number of carbonyl (C=O) groups excluding carboxylic acids is 3. The van der Waals surface area contributed by atoms with Crippen molar-refractivity contribution in [2.24, 2.45) is 13.0 Å². The van der Waals surface area contributed by atoms with E-state index in [2.05, 4.69) is 0 Å². The van der Waals surface area contributed by atoms with Crippen LogP contribution in [0.15, 0.2) is 24.3 Å². The monoisotopic (exact) mass is 442 g/mol. The maximum Gasteiger partial charge on any atom is 0.355 e. The van der Waals surface area contributed by atoms with Gasteiger partial charge in [0.25, 0.3) is 0 Å². The Labute approximate surface area is 188 Å². The predicted molar refractivity (Wildman–Crippen MR) is 119 cm³/mol. The molecule has 7 heteroatoms. The largest absolute Gasteiger partial charge is 0.461 e. The van der Waals surface area contributed by atoms with Gasteiger partial charge in [0.2, 0.25) is 5.91 Å². The lowest BCUT2D eigenvalue weighted by atomic mass is 9.83. The quantitative estimate of drug-likeness (QED) is 0.450. The highest BCUT2D eigenvalue weighted by Gasteiger charge is 2.36. The summed E-state index contributed by atoms with van der Waals surface area (Å²) in [6.45, 7) is 7.43. The average Bonchev–Trinajstić information content (AvgIpc) is 2.93. The first-order valence-corrected chi connectivity index (χ1v) is 11.1. The second kappa shape index (κ2) is 9.67. The van der Waals surface area contributed by atoms with Crippen molar-refractivity contribution in [1.29, 1.82) is 0 Å². The smallest absolute Gasteiger partial charge is 0.355 e. The van der Waals surface area contributed by atoms with Crippen LogP contribution in [0.1, 0.15) is 70.8 Å². The van der Waals surface area contributed by atoms with E-state index in [1.807, 2.05) is 0 Å². The van der Waals surface area contributed by atoms with Crippen LogP contribution in [-0.4, -0.2) is 39.8 Å². The molecule has 3 rings (SSSR count). The third-order valence-corrected chi connectivity index (χ3v) is 6.50. The number of nitrogens with zero attached hydrogens (tertiary/aromatic N) is 2. The van der Waals surface area contributed by atoms with Gasteiger partial charge in [-0.25, -0.2) is 9.18 Å². The number of Topliss-reactive ketones (excluding diaryl/α,β-unsaturated/α-hetero) is 1. The Morgan fingerprint density at radius 3 is 2.34 bits per heavy atom. The number of halogens is 1. The van der Waals surface area contributed by atoms with E-state index in [1.54, 1.807) is 56.3 Å². The van der Waals surface area contributed by atoms with Crippen LogP contribution in [0.25, 0.3) is 0 Å². The Morgan fingerprint density at radius 2 is 1.81 bits per heavy atom. The highest BCUT2D eigenvalue weighted by Crippen LogP contribution is 2.31. The van der Waals surface area contributed by atoms with Gasteiger partial charge in [0, 0.05) is 30.8 Å². The minimum atomic E-state index is -0.733. The Hall–Kier alpha value is -2.96. The van der Waals surface area contributed by atoms with Crippen LogP contribution in [-0.2, 0) is 23.1 Å². The summed E-state index contributed by atoms with van der Waals surface area (Å²) in [6.07, 6.45) is 2.63. The summed E-state index contributed by atoms with van der Waals surface area (Å²) in [5.41, 5.74) is 2.75. The second-order valence-electron chi connectivity index (χ2n) is 8.47. The SMILES string of the molecule is CCOC(=O)c1c(C)c(C(=O)C(C)N(Cc2ccc(F)cc2)C(=O)C2CCC2)c(C)n1C. The molecule has 0 bridgehead atoms. The van der Waals surface area contributed by atoms with Gasteiger partial charge in [0.05, 0.1) is 12.6 Å². The fraction of sp³-hybridized carbons (Fsp3) is 0.480. The van der Waals surface area contributed by atoms with Crippen LogP contribution >= 0.6 is 0 Å². The van der Waals surface area contributed by atoms with E-state index in [1.165, 1.54) is 12.1 Å². The van der Waals surface area contributed by atoms with Crippen LogP contribution in [0.3, 0.4) is 0 Å². The molecule has 0 aliphatic heterocycles. The van der Waals surface area contributed by atoms with Crippen molar-refractivity contribution in [1.82, 2.24) is 9.47 Å². The standard InChI is InChI=1S/C25H31FN2O4/c1-6-32-25(31)22-15(2)21(16(3)27(22)5)23(29)17(4)28(24(30)19-8-7-9-19)14-18-10-12-20(26)13-11-18/h10-13,17,19H,6-9,14H2,1-5H3. The second-order valence-corrected chi connectivity index (χ2v) is 8.47. The molecule has 0 saturated heterocycles. The number of aromatic nitrogens is 1. The van der Waals surface area contributed by atoms with Crippen molar-refractivity contribution in [2.75, 3.05) is 6.61 Å². The summed E-state index contributed by atoms with van der Waals surface area (Å²) < 4.78 is 20.2. The lowest BCUT2D eigenvalue weighted by Crippen LogP contribution is -2.47. The van der Waals surface area contributed by atoms with Crippen molar-refractivity contribution >= 4 is 17.7 Å². The minimum Gasteiger partial charge on any atom is -0.461 e. The Kier molecular flexibility index (Phi) is 7.16. The fourth-order valence-corrected chi connectivity index (χ4v) is 4.26. The van der Waals surface area contributed by atoms with Gasteiger partial charge in [-0.05, 0) is 63.8 Å². The van der Waals surface area contributed by atoms with E-state index in [0.717, 1.165) is 24.8 Å². The molecule has 172 valence electrons. The molecule has 32 heavy (non-hydrogen) atoms. The van der Waals surface area contributed by atoms with E-state index < -0.39 is 12.0 Å². The number of hydrogen-bond acceptors (Lipinski definition) is 4. The number of rotatable bonds is 8. The normalized spacial score (nSPS) is 14.6. The van der Waals surface area contributed by atoms with Crippen molar-refractivity contribution in [2.45, 2.75) is 59.5 Å². The van der Waals surface area contributed by atoms with E-state index in [-0.39, 0.29) is 36.6 Å². The summed E-state index contributed by atoms with van der Waals surface area (Å²) in [5.74, 6) is -1.19. The molecule has 2 aromatic rings. The summed E-state index contributed by atoms with van der Waals surface area (Å²) in [7, 11) is 1.73. The molecule has 0 spiro atoms. The molecule has 1 amide bonds. The maximum atomic E-state index is 13.6. The zero-order valence-electron chi connectivity index (χ0n) is 19.4. The van der Waals surface area contributed by atoms with Crippen molar-refractivity contribution in [3.63, 3.8) is 0 Å². The molecule has 1 unspecified atom stereocenters. The number of ketones is 1. The number of hydrogen-bond donors (Lipinski definition) is 0. The average molecular weight is 443 g/mol. The predicted octanol–water partition coefficient (Wildman–Crippen LogP) is 4.36. The lowest BCUT2D eigenvalue weighted by Gasteiger charge is -2.35. The van der Waals surface area contributed by atoms with Crippen molar-refractivity contribution in [3.05, 3.63) is 58.2 Å². The van der Waals surface area contributed by atoms with Gasteiger partial charge >= 0.3 is 5.97 Å². The van der Waals surface area contributed by atoms with Gasteiger partial charge in [-0.2, -0.15) is 0 Å². The Morgan fingerprint density at radius 1 is 1.19 bits per heavy atom. The van der Waals surface area contributed by atoms with Crippen LogP contribution in [0.5, 0.6) is 0 Å². The van der Waals surface area contributed by atoms with Crippen LogP contribution < -0.4 is 0 Å². The number of ether oxygens (including phenoxy) is 1. The molecule has 1 aromatic heterocycles. The molecule has 1 aromatic carbocycles. The maximum absolute atomic E-state index is 13.6. The lowest BCUT2D eigenvalue weighted by molar-refractivity contribution is -0.140. The van der Waals surface area contributed by atoms with Gasteiger partial charge in [-0.3, -0.25) is 9.59 Å². The van der Waals surface area contributed by atoms with Crippen LogP contribution in [0, 0.1) is 25.6 Å². The van der Waals surface area contributed by atoms with E-state index >= 15 is 0 Å². The number of benzene rings is 1. The first-order chi connectivity index (χ1) is 15.2. The molecule has 1 saturated carbocycles. The van der Waals surface area contributed by atoms with Crippen molar-refractivity contribution < 1.29 is 23.5 Å². The highest BCUT2D eigenvalue weighted by atomic mass is 19.1. The van der Waals surface area contributed by atoms with Gasteiger partial charge in [0.15, 0.2) is 5.78 Å². The summed E-state index contributed by atoms with van der Waals surface area (Å²) in [5, 5.41) is 0. The molecule has 6 nitrogen and oxygen atoms in total. The molecular formula is C25H31FN2O4. The van der Waals surface area contributed by atoms with Crippen molar-refractivity contribution in [3.8, 4) is 0 Å². The Balaban J connectivity index is 1.95. The van der Waals surface area contributed by atoms with E-state index in [4.69, 9.17) is 4.74 Å². The van der Waals surface area contributed by atoms with E-state index in [0.29, 0.717) is 22.5 Å². The molecular weight excluding hydrogens is 411 g/mol. The van der Waals surface area contributed by atoms with Gasteiger partial charge in [0.1, 0.15) is 11.5 Å². The first-order valence-electron chi connectivity index (χ1n) is 11.1. The Bertz CT molecular complexity index is 1020. The summed E-state index contributed by atoms with van der Waals surface area (Å²) in [6, 6.07) is 5.23. The van der Waals surface area contributed by atoms with Gasteiger partial charge in [-0.1, -0.05) is 18.6 Å². The number of esters is 1. The third kappa shape index (κ3) is 4.47. The molecule has 0 radical (unpaired) electrons. The zero-order chi connectivity index (χ0) is 23.6. The highest BCUT2D eigenvalue weighted by molar-refractivity contribution is 6.06. The van der Waals surface area contributed by atoms with Gasteiger partial charge in [-0.15, -0.1) is 0 Å². The third-order valence-electron chi connectivity index (χ3n) is 6.50. The fourth-order valence-electron chi connectivity index (χ4n) is 4.26. The molecule has 1 heterocycles. The number of carbonyl (C=O) groups is 3. The molecule has 1 fully saturated rings.